The predicted octanol–water partition coefficient (Wildman–Crippen LogP) is -0.792. The zero-order valence-electron chi connectivity index (χ0n) is 12.3. The van der Waals surface area contributed by atoms with E-state index in [1.807, 2.05) is 85.0 Å². The summed E-state index contributed by atoms with van der Waals surface area (Å²) in [6.07, 6.45) is 3.82. The maximum absolute atomic E-state index is 12.9. The molecule has 0 aromatic heterocycles. The normalized spacial score (nSPS) is 16.2. The molecular weight excluding hydrogens is 298 g/mol. The lowest BCUT2D eigenvalue weighted by Crippen LogP contribution is -3.11. The van der Waals surface area contributed by atoms with Gasteiger partial charge in [-0.25, -0.2) is 14.6 Å². The summed E-state index contributed by atoms with van der Waals surface area (Å²) >= 11 is 0. The number of anilines is 2. The molecule has 2 amide bonds. The van der Waals surface area contributed by atoms with Crippen molar-refractivity contribution in [3.63, 3.8) is 0 Å². The molecule has 1 heterocycles. The van der Waals surface area contributed by atoms with Gasteiger partial charge in [-0.05, 0) is 24.3 Å². The van der Waals surface area contributed by atoms with E-state index in [2.05, 4.69) is 0 Å². The number of nitrogens with one attached hydrogen (secondary N) is 1. The summed E-state index contributed by atoms with van der Waals surface area (Å²) in [5.74, 6) is 0. The van der Waals surface area contributed by atoms with Crippen LogP contribution in [0.4, 0.5) is 16.2 Å². The number of amides is 2. The van der Waals surface area contributed by atoms with E-state index in [0.29, 0.717) is 6.67 Å². The summed E-state index contributed by atoms with van der Waals surface area (Å²) in [5, 5.41) is 0. The van der Waals surface area contributed by atoms with Crippen molar-refractivity contribution in [2.24, 2.45) is 0 Å². The van der Waals surface area contributed by atoms with Crippen molar-refractivity contribution in [2.45, 2.75) is 0 Å². The van der Waals surface area contributed by atoms with E-state index >= 15 is 0 Å². The number of hydrogen-bond acceptors (Lipinski definition) is 2. The first-order valence-electron chi connectivity index (χ1n) is 6.94. The Bertz CT molecular complexity index is 606. The average molecular weight is 316 g/mol. The second-order valence-electron chi connectivity index (χ2n) is 5.07. The molecule has 1 aliphatic heterocycles. The molecule has 5 heteroatoms. The Morgan fingerprint density at radius 2 is 1.50 bits per heavy atom. The van der Waals surface area contributed by atoms with Gasteiger partial charge in [-0.15, -0.1) is 0 Å². The molecule has 2 aromatic rings. The number of benzene rings is 2. The molecule has 2 aromatic carbocycles. The van der Waals surface area contributed by atoms with Crippen molar-refractivity contribution in [1.29, 1.82) is 0 Å². The fourth-order valence-electron chi connectivity index (χ4n) is 2.41. The summed E-state index contributed by atoms with van der Waals surface area (Å²) in [4.78, 5) is 17.5. The quantitative estimate of drug-likeness (QED) is 0.786. The third-order valence-electron chi connectivity index (χ3n) is 3.46. The van der Waals surface area contributed by atoms with Crippen molar-refractivity contribution in [1.82, 2.24) is 4.90 Å². The summed E-state index contributed by atoms with van der Waals surface area (Å²) < 4.78 is 0. The first-order valence-corrected chi connectivity index (χ1v) is 6.94. The summed E-state index contributed by atoms with van der Waals surface area (Å²) in [5.41, 5.74) is 1.76. The number of rotatable bonds is 2. The highest BCUT2D eigenvalue weighted by atomic mass is 35.5. The summed E-state index contributed by atoms with van der Waals surface area (Å²) in [6, 6.07) is 19.5. The number of nitrogens with zero attached hydrogens (tertiary/aromatic N) is 2. The largest absolute Gasteiger partial charge is 1.00 e. The highest BCUT2D eigenvalue weighted by Crippen LogP contribution is 2.24. The average Bonchev–Trinajstić information content (AvgIpc) is 2.96. The minimum absolute atomic E-state index is 0. The Morgan fingerprint density at radius 1 is 1.00 bits per heavy atom. The van der Waals surface area contributed by atoms with Crippen molar-refractivity contribution >= 4 is 17.4 Å². The first-order chi connectivity index (χ1) is 10.3. The summed E-state index contributed by atoms with van der Waals surface area (Å²) in [7, 11) is 1.96. The van der Waals surface area contributed by atoms with Crippen LogP contribution in [0.15, 0.2) is 73.1 Å². The molecule has 3 rings (SSSR count). The number of para-hydroxylation sites is 2. The minimum Gasteiger partial charge on any atom is -1.00 e. The van der Waals surface area contributed by atoms with Crippen LogP contribution in [0.1, 0.15) is 0 Å². The van der Waals surface area contributed by atoms with Crippen LogP contribution in [0.3, 0.4) is 0 Å². The van der Waals surface area contributed by atoms with Gasteiger partial charge in [0, 0.05) is 7.05 Å². The number of carbonyl (C=O) groups excluding carboxylic acids is 1. The molecule has 1 N–H and O–H groups in total. The number of quaternary nitrogens is 1. The van der Waals surface area contributed by atoms with E-state index in [1.54, 1.807) is 4.90 Å². The van der Waals surface area contributed by atoms with Crippen LogP contribution in [0, 0.1) is 0 Å². The predicted molar refractivity (Wildman–Crippen MR) is 83.2 cm³/mol. The van der Waals surface area contributed by atoms with Crippen LogP contribution < -0.4 is 22.2 Å². The van der Waals surface area contributed by atoms with Crippen LogP contribution in [0.5, 0.6) is 0 Å². The highest BCUT2D eigenvalue weighted by molar-refractivity contribution is 5.94. The molecule has 0 fully saturated rings. The number of urea groups is 1. The SMILES string of the molecule is CN1C=C[NH+](C(=O)N(c2ccccc2)c2ccccc2)C1.[Cl-]. The Labute approximate surface area is 136 Å². The van der Waals surface area contributed by atoms with Crippen molar-refractivity contribution < 1.29 is 22.1 Å². The zero-order valence-corrected chi connectivity index (χ0v) is 13.1. The van der Waals surface area contributed by atoms with Crippen molar-refractivity contribution in [2.75, 3.05) is 18.6 Å². The fourth-order valence-corrected chi connectivity index (χ4v) is 2.41. The van der Waals surface area contributed by atoms with Crippen LogP contribution in [0.2, 0.25) is 0 Å². The second-order valence-corrected chi connectivity index (χ2v) is 5.07. The molecule has 1 atom stereocenters. The lowest BCUT2D eigenvalue weighted by Gasteiger charge is -2.23. The van der Waals surface area contributed by atoms with Gasteiger partial charge in [0.2, 0.25) is 0 Å². The van der Waals surface area contributed by atoms with Crippen LogP contribution in [-0.4, -0.2) is 24.6 Å². The van der Waals surface area contributed by atoms with Crippen molar-refractivity contribution in [3.8, 4) is 0 Å². The standard InChI is InChI=1S/C17H17N3O.ClH/c1-18-12-13-19(14-18)17(21)20(15-8-4-2-5-9-15)16-10-6-3-7-11-16;/h2-13H,14H2,1H3;1H. The fraction of sp³-hybridized carbons (Fsp3) is 0.118. The smallest absolute Gasteiger partial charge is 0.432 e. The van der Waals surface area contributed by atoms with Crippen LogP contribution >= 0.6 is 0 Å². The van der Waals surface area contributed by atoms with E-state index in [0.717, 1.165) is 16.3 Å². The van der Waals surface area contributed by atoms with E-state index in [4.69, 9.17) is 0 Å². The van der Waals surface area contributed by atoms with Crippen LogP contribution in [0.25, 0.3) is 0 Å². The topological polar surface area (TPSA) is 28.0 Å². The van der Waals surface area contributed by atoms with E-state index in [1.165, 1.54) is 0 Å². The van der Waals surface area contributed by atoms with Gasteiger partial charge in [-0.2, -0.15) is 0 Å². The Hall–Kier alpha value is -2.30. The van der Waals surface area contributed by atoms with Gasteiger partial charge < -0.3 is 17.3 Å². The molecule has 4 nitrogen and oxygen atoms in total. The Kier molecular flexibility index (Phi) is 5.20. The third kappa shape index (κ3) is 3.30. The maximum atomic E-state index is 12.9. The van der Waals surface area contributed by atoms with E-state index < -0.39 is 0 Å². The molecule has 0 radical (unpaired) electrons. The van der Waals surface area contributed by atoms with E-state index in [-0.39, 0.29) is 18.4 Å². The zero-order chi connectivity index (χ0) is 14.7. The first kappa shape index (κ1) is 16.1. The summed E-state index contributed by atoms with van der Waals surface area (Å²) in [6.45, 7) is 0.648. The molecule has 1 unspecified atom stereocenters. The third-order valence-corrected chi connectivity index (χ3v) is 3.46. The monoisotopic (exact) mass is 315 g/mol. The lowest BCUT2D eigenvalue weighted by atomic mass is 10.2. The Balaban J connectivity index is 0.00000176. The second kappa shape index (κ2) is 7.11. The number of hydrogen-bond donors (Lipinski definition) is 1. The van der Waals surface area contributed by atoms with Gasteiger partial charge in [0.05, 0.1) is 17.6 Å². The van der Waals surface area contributed by atoms with Gasteiger partial charge in [-0.3, -0.25) is 0 Å². The molecule has 0 bridgehead atoms. The molecule has 22 heavy (non-hydrogen) atoms. The van der Waals surface area contributed by atoms with Crippen molar-refractivity contribution in [3.05, 3.63) is 73.1 Å². The molecule has 1 aliphatic rings. The molecule has 0 saturated heterocycles. The molecule has 0 saturated carbocycles. The minimum atomic E-state index is 0. The number of carbonyl (C=O) groups is 1. The number of halogens is 1. The lowest BCUT2D eigenvalue weighted by molar-refractivity contribution is -0.758. The van der Waals surface area contributed by atoms with Gasteiger partial charge in [0.25, 0.3) is 0 Å². The molecule has 0 spiro atoms. The maximum Gasteiger partial charge on any atom is 0.432 e. The van der Waals surface area contributed by atoms with Crippen LogP contribution in [-0.2, 0) is 0 Å². The molecule has 114 valence electrons. The highest BCUT2D eigenvalue weighted by Gasteiger charge is 2.30. The molecule has 0 aliphatic carbocycles. The van der Waals surface area contributed by atoms with Gasteiger partial charge in [-0.1, -0.05) is 36.4 Å². The van der Waals surface area contributed by atoms with Gasteiger partial charge >= 0.3 is 6.03 Å². The Morgan fingerprint density at radius 3 is 1.91 bits per heavy atom. The van der Waals surface area contributed by atoms with Gasteiger partial charge in [0.1, 0.15) is 6.20 Å². The van der Waals surface area contributed by atoms with E-state index in [9.17, 15) is 4.79 Å². The van der Waals surface area contributed by atoms with Gasteiger partial charge in [0.15, 0.2) is 6.67 Å². The molecular formula is C17H18ClN3O.